The minimum absolute atomic E-state index is 0.0240. The lowest BCUT2D eigenvalue weighted by molar-refractivity contribution is -0.384. The summed E-state index contributed by atoms with van der Waals surface area (Å²) >= 11 is 0. The fraction of sp³-hybridized carbons (Fsp3) is 0.571. The van der Waals surface area contributed by atoms with Gasteiger partial charge in [0, 0.05) is 43.5 Å². The lowest BCUT2D eigenvalue weighted by Crippen LogP contribution is -2.45. The number of anilines is 1. The third-order valence-electron chi connectivity index (χ3n) is 3.61. The predicted octanol–water partition coefficient (Wildman–Crippen LogP) is 1.74. The van der Waals surface area contributed by atoms with Crippen molar-refractivity contribution >= 4 is 11.4 Å². The maximum Gasteiger partial charge on any atom is 0.275 e. The highest BCUT2D eigenvalue weighted by atomic mass is 16.6. The van der Waals surface area contributed by atoms with Crippen molar-refractivity contribution in [2.24, 2.45) is 0 Å². The van der Waals surface area contributed by atoms with Gasteiger partial charge in [-0.25, -0.2) is 0 Å². The fourth-order valence-electron chi connectivity index (χ4n) is 2.32. The molecule has 1 saturated heterocycles. The molecule has 0 unspecified atom stereocenters. The molecule has 0 aliphatic carbocycles. The average molecular weight is 295 g/mol. The summed E-state index contributed by atoms with van der Waals surface area (Å²) in [6.45, 7) is 6.20. The monoisotopic (exact) mass is 295 g/mol. The summed E-state index contributed by atoms with van der Waals surface area (Å²) < 4.78 is 10.4. The fourth-order valence-corrected chi connectivity index (χ4v) is 2.32. The van der Waals surface area contributed by atoms with E-state index in [1.165, 1.54) is 19.2 Å². The molecule has 1 fully saturated rings. The molecule has 0 bridgehead atoms. The third-order valence-corrected chi connectivity index (χ3v) is 3.61. The van der Waals surface area contributed by atoms with Crippen LogP contribution in [-0.2, 0) is 4.74 Å². The molecule has 2 rings (SSSR count). The zero-order valence-electron chi connectivity index (χ0n) is 12.4. The maximum absolute atomic E-state index is 10.9. The summed E-state index contributed by atoms with van der Waals surface area (Å²) in [7, 11) is 1.50. The number of ether oxygens (including phenoxy) is 2. The molecule has 0 radical (unpaired) electrons. The number of hydrogen-bond donors (Lipinski definition) is 1. The lowest BCUT2D eigenvalue weighted by atomic mass is 10.2. The van der Waals surface area contributed by atoms with E-state index in [4.69, 9.17) is 9.47 Å². The Bertz CT molecular complexity index is 489. The Kier molecular flexibility index (Phi) is 5.35. The highest BCUT2D eigenvalue weighted by molar-refractivity contribution is 5.56. The number of nitro benzene ring substituents is 1. The second-order valence-electron chi connectivity index (χ2n) is 5.06. The average Bonchev–Trinajstić information content (AvgIpc) is 2.53. The number of benzene rings is 1. The molecule has 7 heteroatoms. The van der Waals surface area contributed by atoms with Gasteiger partial charge in [-0.2, -0.15) is 0 Å². The number of nitrogens with zero attached hydrogens (tertiary/aromatic N) is 2. The number of nitro groups is 1. The van der Waals surface area contributed by atoms with E-state index in [0.29, 0.717) is 24.0 Å². The van der Waals surface area contributed by atoms with Gasteiger partial charge < -0.3 is 14.8 Å². The first-order valence-corrected chi connectivity index (χ1v) is 6.99. The van der Waals surface area contributed by atoms with Gasteiger partial charge in [-0.05, 0) is 6.92 Å². The Labute approximate surface area is 124 Å². The molecule has 1 heterocycles. The molecular weight excluding hydrogens is 274 g/mol. The van der Waals surface area contributed by atoms with Crippen LogP contribution < -0.4 is 10.1 Å². The molecule has 1 aliphatic heterocycles. The van der Waals surface area contributed by atoms with E-state index < -0.39 is 4.92 Å². The van der Waals surface area contributed by atoms with Gasteiger partial charge in [0.05, 0.1) is 31.3 Å². The van der Waals surface area contributed by atoms with Crippen molar-refractivity contribution in [3.05, 3.63) is 28.3 Å². The van der Waals surface area contributed by atoms with Crippen LogP contribution in [0.5, 0.6) is 5.75 Å². The predicted molar refractivity (Wildman–Crippen MR) is 80.0 cm³/mol. The molecule has 21 heavy (non-hydrogen) atoms. The van der Waals surface area contributed by atoms with Crippen LogP contribution in [0.2, 0.25) is 0 Å². The van der Waals surface area contributed by atoms with Crippen molar-refractivity contribution < 1.29 is 14.4 Å². The van der Waals surface area contributed by atoms with Gasteiger partial charge >= 0.3 is 0 Å². The molecule has 116 valence electrons. The van der Waals surface area contributed by atoms with Gasteiger partial charge in [-0.1, -0.05) is 0 Å². The smallest absolute Gasteiger partial charge is 0.275 e. The number of methoxy groups -OCH3 is 1. The van der Waals surface area contributed by atoms with Crippen molar-refractivity contribution in [2.45, 2.75) is 13.0 Å². The summed E-state index contributed by atoms with van der Waals surface area (Å²) in [5.74, 6) is 0.478. The lowest BCUT2D eigenvalue weighted by Gasteiger charge is -2.32. The van der Waals surface area contributed by atoms with Crippen molar-refractivity contribution in [2.75, 3.05) is 45.3 Å². The van der Waals surface area contributed by atoms with Crippen LogP contribution in [0.1, 0.15) is 6.92 Å². The highest BCUT2D eigenvalue weighted by Gasteiger charge is 2.17. The SMILES string of the molecule is COc1cc(NC[C@@H](C)N2CCOCC2)cc([N+](=O)[O-])c1. The Morgan fingerprint density at radius 1 is 1.43 bits per heavy atom. The molecule has 1 atom stereocenters. The summed E-state index contributed by atoms with van der Waals surface area (Å²) in [5.41, 5.74) is 0.719. The standard InChI is InChI=1S/C14H21N3O4/c1-11(16-3-5-21-6-4-16)10-15-12-7-13(17(18)19)9-14(8-12)20-2/h7-9,11,15H,3-6,10H2,1-2H3/t11-/m1/s1. The third kappa shape index (κ3) is 4.30. The van der Waals surface area contributed by atoms with Crippen LogP contribution in [0.3, 0.4) is 0 Å². The van der Waals surface area contributed by atoms with Crippen LogP contribution in [0, 0.1) is 10.1 Å². The van der Waals surface area contributed by atoms with Crippen molar-refractivity contribution in [3.8, 4) is 5.75 Å². The second kappa shape index (κ2) is 7.24. The minimum Gasteiger partial charge on any atom is -0.496 e. The van der Waals surface area contributed by atoms with Crippen LogP contribution in [0.15, 0.2) is 18.2 Å². The molecule has 1 N–H and O–H groups in total. The summed E-state index contributed by atoms with van der Waals surface area (Å²) in [4.78, 5) is 12.8. The Morgan fingerprint density at radius 3 is 2.76 bits per heavy atom. The minimum atomic E-state index is -0.418. The normalized spacial score (nSPS) is 17.2. The summed E-state index contributed by atoms with van der Waals surface area (Å²) in [5, 5.41) is 14.2. The molecule has 7 nitrogen and oxygen atoms in total. The van der Waals surface area contributed by atoms with Gasteiger partial charge in [-0.15, -0.1) is 0 Å². The Balaban J connectivity index is 1.98. The van der Waals surface area contributed by atoms with E-state index in [2.05, 4.69) is 17.1 Å². The van der Waals surface area contributed by atoms with E-state index >= 15 is 0 Å². The first-order valence-electron chi connectivity index (χ1n) is 6.99. The van der Waals surface area contributed by atoms with E-state index in [9.17, 15) is 10.1 Å². The van der Waals surface area contributed by atoms with E-state index in [1.54, 1.807) is 6.07 Å². The Hall–Kier alpha value is -1.86. The topological polar surface area (TPSA) is 76.9 Å². The van der Waals surface area contributed by atoms with E-state index in [1.807, 2.05) is 0 Å². The Morgan fingerprint density at radius 2 is 2.14 bits per heavy atom. The molecule has 0 amide bonds. The van der Waals surface area contributed by atoms with Crippen molar-refractivity contribution in [1.82, 2.24) is 4.90 Å². The maximum atomic E-state index is 10.9. The first-order chi connectivity index (χ1) is 10.1. The molecular formula is C14H21N3O4. The number of morpholine rings is 1. The molecule has 1 aromatic rings. The van der Waals surface area contributed by atoms with Crippen LogP contribution in [0.25, 0.3) is 0 Å². The summed E-state index contributed by atoms with van der Waals surface area (Å²) in [6.07, 6.45) is 0. The zero-order valence-corrected chi connectivity index (χ0v) is 12.4. The van der Waals surface area contributed by atoms with Crippen LogP contribution in [0.4, 0.5) is 11.4 Å². The molecule has 1 aliphatic rings. The highest BCUT2D eigenvalue weighted by Crippen LogP contribution is 2.25. The van der Waals surface area contributed by atoms with Gasteiger partial charge in [0.25, 0.3) is 5.69 Å². The first kappa shape index (κ1) is 15.5. The molecule has 1 aromatic carbocycles. The quantitative estimate of drug-likeness (QED) is 0.636. The number of nitrogens with one attached hydrogen (secondary N) is 1. The number of rotatable bonds is 6. The van der Waals surface area contributed by atoms with Gasteiger partial charge in [0.1, 0.15) is 5.75 Å². The van der Waals surface area contributed by atoms with Gasteiger partial charge in [-0.3, -0.25) is 15.0 Å². The van der Waals surface area contributed by atoms with Crippen molar-refractivity contribution in [3.63, 3.8) is 0 Å². The largest absolute Gasteiger partial charge is 0.496 e. The van der Waals surface area contributed by atoms with Crippen LogP contribution in [-0.4, -0.2) is 55.8 Å². The van der Waals surface area contributed by atoms with Gasteiger partial charge in [0.15, 0.2) is 0 Å². The second-order valence-corrected chi connectivity index (χ2v) is 5.06. The van der Waals surface area contributed by atoms with Crippen molar-refractivity contribution in [1.29, 1.82) is 0 Å². The molecule has 0 saturated carbocycles. The van der Waals surface area contributed by atoms with Crippen LogP contribution >= 0.6 is 0 Å². The van der Waals surface area contributed by atoms with E-state index in [-0.39, 0.29) is 5.69 Å². The molecule has 0 spiro atoms. The van der Waals surface area contributed by atoms with E-state index in [0.717, 1.165) is 26.3 Å². The molecule has 0 aromatic heterocycles. The summed E-state index contributed by atoms with van der Waals surface area (Å²) in [6, 6.07) is 5.03. The number of non-ortho nitro benzene ring substituents is 1. The van der Waals surface area contributed by atoms with Gasteiger partial charge in [0.2, 0.25) is 0 Å². The number of hydrogen-bond acceptors (Lipinski definition) is 6. The zero-order chi connectivity index (χ0) is 15.2.